The molecule has 0 aliphatic carbocycles. The highest BCUT2D eigenvalue weighted by Crippen LogP contribution is 2.21. The molecule has 0 atom stereocenters. The Balaban J connectivity index is 2.17. The number of halogens is 2. The normalized spacial score (nSPS) is 11.4. The van der Waals surface area contributed by atoms with Crippen molar-refractivity contribution in [2.75, 3.05) is 24.7 Å². The second-order valence-corrected chi connectivity index (χ2v) is 8.02. The van der Waals surface area contributed by atoms with Gasteiger partial charge in [-0.25, -0.2) is 17.1 Å². The largest absolute Gasteiger partial charge is 0.332 e. The van der Waals surface area contributed by atoms with Crippen LogP contribution in [0.1, 0.15) is 0 Å². The van der Waals surface area contributed by atoms with Crippen LogP contribution in [0.2, 0.25) is 5.02 Å². The Bertz CT molecular complexity index is 873. The molecule has 0 saturated carbocycles. The Kier molecular flexibility index (Phi) is 5.76. The van der Waals surface area contributed by atoms with E-state index in [1.54, 1.807) is 12.1 Å². The molecule has 2 aromatic rings. The molecule has 5 nitrogen and oxygen atoms in total. The van der Waals surface area contributed by atoms with Crippen LogP contribution >= 0.6 is 23.8 Å². The highest BCUT2D eigenvalue weighted by atomic mass is 35.5. The molecule has 0 unspecified atom stereocenters. The van der Waals surface area contributed by atoms with Crippen LogP contribution < -0.4 is 10.6 Å². The molecule has 0 aliphatic heterocycles. The zero-order valence-corrected chi connectivity index (χ0v) is 15.3. The number of hydrogen-bond donors (Lipinski definition) is 2. The quantitative estimate of drug-likeness (QED) is 0.786. The lowest BCUT2D eigenvalue weighted by Crippen LogP contribution is -2.23. The minimum absolute atomic E-state index is 0.107. The molecule has 2 rings (SSSR count). The summed E-state index contributed by atoms with van der Waals surface area (Å²) in [6.45, 7) is 0. The highest BCUT2D eigenvalue weighted by molar-refractivity contribution is 7.89. The first-order chi connectivity index (χ1) is 11.2. The van der Waals surface area contributed by atoms with Crippen molar-refractivity contribution in [2.24, 2.45) is 0 Å². The Morgan fingerprint density at radius 1 is 1.17 bits per heavy atom. The molecule has 0 spiro atoms. The summed E-state index contributed by atoms with van der Waals surface area (Å²) in [5, 5.41) is 5.97. The number of benzene rings is 2. The van der Waals surface area contributed by atoms with Gasteiger partial charge in [0.2, 0.25) is 10.0 Å². The van der Waals surface area contributed by atoms with E-state index in [-0.39, 0.29) is 15.7 Å². The fourth-order valence-corrected chi connectivity index (χ4v) is 3.17. The molecular formula is C15H15ClFN3O2S2. The van der Waals surface area contributed by atoms with Crippen LogP contribution in [0.3, 0.4) is 0 Å². The van der Waals surface area contributed by atoms with E-state index in [2.05, 4.69) is 10.6 Å². The number of rotatable bonds is 4. The Morgan fingerprint density at radius 2 is 1.88 bits per heavy atom. The molecule has 0 amide bonds. The SMILES string of the molecule is CN(C)S(=O)(=O)c1cccc(NC(=S)Nc2cc(Cl)ccc2F)c1. The molecule has 0 radical (unpaired) electrons. The van der Waals surface area contributed by atoms with Crippen LogP contribution in [0.4, 0.5) is 15.8 Å². The summed E-state index contributed by atoms with van der Waals surface area (Å²) in [6, 6.07) is 10.2. The van der Waals surface area contributed by atoms with Gasteiger partial charge in [0.05, 0.1) is 10.6 Å². The Labute approximate surface area is 150 Å². The first-order valence-corrected chi connectivity index (χ1v) is 8.98. The van der Waals surface area contributed by atoms with Gasteiger partial charge in [0.1, 0.15) is 5.82 Å². The fraction of sp³-hybridized carbons (Fsp3) is 0.133. The number of anilines is 2. The van der Waals surface area contributed by atoms with Gasteiger partial charge >= 0.3 is 0 Å². The van der Waals surface area contributed by atoms with E-state index >= 15 is 0 Å². The van der Waals surface area contributed by atoms with Crippen LogP contribution in [0.25, 0.3) is 0 Å². The van der Waals surface area contributed by atoms with Crippen LogP contribution in [-0.4, -0.2) is 31.9 Å². The van der Waals surface area contributed by atoms with Crippen molar-refractivity contribution in [2.45, 2.75) is 4.90 Å². The summed E-state index contributed by atoms with van der Waals surface area (Å²) in [5.74, 6) is -0.507. The molecule has 0 bridgehead atoms. The molecule has 0 aliphatic rings. The number of hydrogen-bond acceptors (Lipinski definition) is 3. The monoisotopic (exact) mass is 387 g/mol. The van der Waals surface area contributed by atoms with E-state index in [9.17, 15) is 12.8 Å². The van der Waals surface area contributed by atoms with Crippen molar-refractivity contribution in [3.05, 3.63) is 53.3 Å². The lowest BCUT2D eigenvalue weighted by atomic mass is 10.3. The molecule has 0 aromatic heterocycles. The van der Waals surface area contributed by atoms with Gasteiger partial charge in [0.15, 0.2) is 5.11 Å². The molecular weight excluding hydrogens is 373 g/mol. The maximum Gasteiger partial charge on any atom is 0.242 e. The standard InChI is InChI=1S/C15H15ClFN3O2S2/c1-20(2)24(21,22)12-5-3-4-11(9-12)18-15(23)19-14-8-10(16)6-7-13(14)17/h3-9H,1-2H3,(H2,18,19,23). The Morgan fingerprint density at radius 3 is 2.54 bits per heavy atom. The first kappa shape index (κ1) is 18.6. The van der Waals surface area contributed by atoms with Crippen molar-refractivity contribution < 1.29 is 12.8 Å². The van der Waals surface area contributed by atoms with Gasteiger partial charge in [-0.1, -0.05) is 17.7 Å². The third kappa shape index (κ3) is 4.41. The van der Waals surface area contributed by atoms with Crippen LogP contribution in [0, 0.1) is 5.82 Å². The predicted octanol–water partition coefficient (Wildman–Crippen LogP) is 3.54. The number of thiocarbonyl (C=S) groups is 1. The van der Waals surface area contributed by atoms with E-state index < -0.39 is 15.8 Å². The van der Waals surface area contributed by atoms with Gasteiger partial charge in [0, 0.05) is 24.8 Å². The third-order valence-corrected chi connectivity index (χ3v) is 5.30. The molecule has 0 fully saturated rings. The van der Waals surface area contributed by atoms with Crippen LogP contribution in [0.5, 0.6) is 0 Å². The van der Waals surface area contributed by atoms with Gasteiger partial charge in [-0.05, 0) is 48.6 Å². The summed E-state index contributed by atoms with van der Waals surface area (Å²) in [5.41, 5.74) is 0.579. The second-order valence-electron chi connectivity index (χ2n) is 5.02. The van der Waals surface area contributed by atoms with Crippen molar-refractivity contribution in [3.8, 4) is 0 Å². The van der Waals surface area contributed by atoms with E-state index in [1.165, 1.54) is 44.4 Å². The molecule has 128 valence electrons. The van der Waals surface area contributed by atoms with E-state index in [0.29, 0.717) is 10.7 Å². The summed E-state index contributed by atoms with van der Waals surface area (Å²) in [4.78, 5) is 0.120. The summed E-state index contributed by atoms with van der Waals surface area (Å²) >= 11 is 10.9. The molecule has 2 aromatic carbocycles. The van der Waals surface area contributed by atoms with Crippen molar-refractivity contribution in [1.82, 2.24) is 4.31 Å². The number of nitrogens with zero attached hydrogens (tertiary/aromatic N) is 1. The van der Waals surface area contributed by atoms with Crippen molar-refractivity contribution >= 4 is 50.3 Å². The third-order valence-electron chi connectivity index (χ3n) is 3.05. The lowest BCUT2D eigenvalue weighted by molar-refractivity contribution is 0.521. The minimum atomic E-state index is -3.55. The zero-order valence-electron chi connectivity index (χ0n) is 12.9. The lowest BCUT2D eigenvalue weighted by Gasteiger charge is -2.14. The topological polar surface area (TPSA) is 61.4 Å². The summed E-state index contributed by atoms with van der Waals surface area (Å²) in [7, 11) is -0.658. The number of nitrogens with one attached hydrogen (secondary N) is 2. The van der Waals surface area contributed by atoms with Gasteiger partial charge in [-0.3, -0.25) is 0 Å². The van der Waals surface area contributed by atoms with Gasteiger partial charge in [-0.15, -0.1) is 0 Å². The predicted molar refractivity (Wildman–Crippen MR) is 98.6 cm³/mol. The maximum atomic E-state index is 13.7. The Hall–Kier alpha value is -1.74. The average Bonchev–Trinajstić information content (AvgIpc) is 2.51. The van der Waals surface area contributed by atoms with Gasteiger partial charge in [0.25, 0.3) is 0 Å². The molecule has 24 heavy (non-hydrogen) atoms. The highest BCUT2D eigenvalue weighted by Gasteiger charge is 2.17. The van der Waals surface area contributed by atoms with Crippen molar-refractivity contribution in [3.63, 3.8) is 0 Å². The zero-order chi connectivity index (χ0) is 17.9. The minimum Gasteiger partial charge on any atom is -0.332 e. The number of sulfonamides is 1. The van der Waals surface area contributed by atoms with Gasteiger partial charge < -0.3 is 10.6 Å². The fourth-order valence-electron chi connectivity index (χ4n) is 1.82. The second kappa shape index (κ2) is 7.43. The molecule has 0 saturated heterocycles. The van der Waals surface area contributed by atoms with Crippen LogP contribution in [0.15, 0.2) is 47.4 Å². The molecule has 2 N–H and O–H groups in total. The summed E-state index contributed by atoms with van der Waals surface area (Å²) in [6.07, 6.45) is 0. The smallest absolute Gasteiger partial charge is 0.242 e. The first-order valence-electron chi connectivity index (χ1n) is 6.76. The molecule has 9 heteroatoms. The summed E-state index contributed by atoms with van der Waals surface area (Å²) < 4.78 is 39.1. The van der Waals surface area contributed by atoms with Gasteiger partial charge in [-0.2, -0.15) is 0 Å². The van der Waals surface area contributed by atoms with E-state index in [1.807, 2.05) is 0 Å². The van der Waals surface area contributed by atoms with Crippen LogP contribution in [-0.2, 0) is 10.0 Å². The average molecular weight is 388 g/mol. The maximum absolute atomic E-state index is 13.7. The van der Waals surface area contributed by atoms with E-state index in [0.717, 1.165) is 4.31 Å². The molecule has 0 heterocycles. The van der Waals surface area contributed by atoms with E-state index in [4.69, 9.17) is 23.8 Å². The van der Waals surface area contributed by atoms with Crippen molar-refractivity contribution in [1.29, 1.82) is 0 Å².